The van der Waals surface area contributed by atoms with E-state index in [9.17, 15) is 9.59 Å². The Labute approximate surface area is 129 Å². The van der Waals surface area contributed by atoms with Crippen molar-refractivity contribution in [3.63, 3.8) is 0 Å². The lowest BCUT2D eigenvalue weighted by Gasteiger charge is -2.42. The van der Waals surface area contributed by atoms with Gasteiger partial charge in [0.25, 0.3) is 5.91 Å². The molecule has 0 fully saturated rings. The van der Waals surface area contributed by atoms with Gasteiger partial charge in [-0.15, -0.1) is 0 Å². The monoisotopic (exact) mass is 292 g/mol. The topological polar surface area (TPSA) is 40.6 Å². The Morgan fingerprint density at radius 3 is 2.32 bits per heavy atom. The lowest BCUT2D eigenvalue weighted by atomic mass is 9.79. The van der Waals surface area contributed by atoms with Gasteiger partial charge in [-0.1, -0.05) is 30.3 Å². The molecule has 2 heterocycles. The second-order valence-corrected chi connectivity index (χ2v) is 5.92. The quantitative estimate of drug-likeness (QED) is 0.749. The van der Waals surface area contributed by atoms with Crippen molar-refractivity contribution < 1.29 is 9.59 Å². The number of nitrogens with zero attached hydrogens (tertiary/aromatic N) is 2. The SMILES string of the molecule is CN1C(=O)C2(CC(=O)c3ccccc3N2C)c2ccccc21. The molecule has 0 N–H and O–H groups in total. The molecule has 1 unspecified atom stereocenters. The molecule has 110 valence electrons. The van der Waals surface area contributed by atoms with Crippen LogP contribution in [0.15, 0.2) is 48.5 Å². The summed E-state index contributed by atoms with van der Waals surface area (Å²) < 4.78 is 0. The number of Topliss-reactive ketones (excluding diaryl/α,β-unsaturated/α-hetero) is 1. The molecule has 0 bridgehead atoms. The van der Waals surface area contributed by atoms with E-state index < -0.39 is 5.54 Å². The third-order valence-corrected chi connectivity index (χ3v) is 4.92. The fourth-order valence-corrected chi connectivity index (χ4v) is 3.77. The summed E-state index contributed by atoms with van der Waals surface area (Å²) in [5.41, 5.74) is 2.38. The van der Waals surface area contributed by atoms with Crippen LogP contribution in [0.5, 0.6) is 0 Å². The van der Waals surface area contributed by atoms with E-state index in [1.807, 2.05) is 60.5 Å². The number of likely N-dealkylation sites (N-methyl/N-ethyl adjacent to an activating group) is 2. The van der Waals surface area contributed by atoms with Crippen LogP contribution in [0.4, 0.5) is 11.4 Å². The number of rotatable bonds is 0. The zero-order valence-electron chi connectivity index (χ0n) is 12.5. The van der Waals surface area contributed by atoms with E-state index in [0.717, 1.165) is 16.9 Å². The number of carbonyl (C=O) groups excluding carboxylic acids is 2. The van der Waals surface area contributed by atoms with Gasteiger partial charge >= 0.3 is 0 Å². The van der Waals surface area contributed by atoms with E-state index in [-0.39, 0.29) is 18.1 Å². The second-order valence-electron chi connectivity index (χ2n) is 5.92. The maximum Gasteiger partial charge on any atom is 0.257 e. The van der Waals surface area contributed by atoms with E-state index in [4.69, 9.17) is 0 Å². The van der Waals surface area contributed by atoms with Crippen molar-refractivity contribution in [1.82, 2.24) is 0 Å². The first-order chi connectivity index (χ1) is 10.6. The molecular formula is C18H16N2O2. The van der Waals surface area contributed by atoms with Gasteiger partial charge in [0, 0.05) is 43.0 Å². The lowest BCUT2D eigenvalue weighted by Crippen LogP contribution is -2.55. The molecule has 2 aromatic carbocycles. The Kier molecular flexibility index (Phi) is 2.49. The molecule has 1 atom stereocenters. The average Bonchev–Trinajstić information content (AvgIpc) is 2.76. The van der Waals surface area contributed by atoms with Crippen LogP contribution < -0.4 is 9.80 Å². The Hall–Kier alpha value is -2.62. The smallest absolute Gasteiger partial charge is 0.257 e. The molecule has 2 aromatic rings. The van der Waals surface area contributed by atoms with Crippen LogP contribution in [0.3, 0.4) is 0 Å². The zero-order valence-corrected chi connectivity index (χ0v) is 12.5. The van der Waals surface area contributed by atoms with Crippen molar-refractivity contribution in [2.24, 2.45) is 0 Å². The van der Waals surface area contributed by atoms with Crippen LogP contribution in [-0.4, -0.2) is 25.8 Å². The molecular weight excluding hydrogens is 276 g/mol. The highest BCUT2D eigenvalue weighted by molar-refractivity contribution is 6.16. The van der Waals surface area contributed by atoms with Crippen LogP contribution in [-0.2, 0) is 10.3 Å². The van der Waals surface area contributed by atoms with Gasteiger partial charge in [-0.2, -0.15) is 0 Å². The number of ketones is 1. The van der Waals surface area contributed by atoms with Crippen LogP contribution in [0.2, 0.25) is 0 Å². The maximum absolute atomic E-state index is 13.0. The summed E-state index contributed by atoms with van der Waals surface area (Å²) in [4.78, 5) is 29.3. The highest BCUT2D eigenvalue weighted by Gasteiger charge is 2.56. The molecule has 0 aromatic heterocycles. The van der Waals surface area contributed by atoms with E-state index in [1.54, 1.807) is 11.9 Å². The molecule has 4 rings (SSSR count). The summed E-state index contributed by atoms with van der Waals surface area (Å²) >= 11 is 0. The summed E-state index contributed by atoms with van der Waals surface area (Å²) in [6.45, 7) is 0. The third-order valence-electron chi connectivity index (χ3n) is 4.92. The minimum Gasteiger partial charge on any atom is -0.356 e. The Morgan fingerprint density at radius 2 is 1.55 bits per heavy atom. The van der Waals surface area contributed by atoms with E-state index in [2.05, 4.69) is 0 Å². The van der Waals surface area contributed by atoms with Gasteiger partial charge in [0.2, 0.25) is 0 Å². The standard InChI is InChI=1S/C18H16N2O2/c1-19-15-10-6-4-8-13(15)18(17(19)22)11-16(21)12-7-3-5-9-14(12)20(18)2/h3-10H,11H2,1-2H3. The lowest BCUT2D eigenvalue weighted by molar-refractivity contribution is -0.122. The number of hydrogen-bond acceptors (Lipinski definition) is 3. The normalized spacial score (nSPS) is 23.0. The predicted molar refractivity (Wildman–Crippen MR) is 85.3 cm³/mol. The van der Waals surface area contributed by atoms with Gasteiger partial charge in [0.1, 0.15) is 0 Å². The van der Waals surface area contributed by atoms with Crippen LogP contribution in [0, 0.1) is 0 Å². The van der Waals surface area contributed by atoms with Crippen LogP contribution >= 0.6 is 0 Å². The largest absolute Gasteiger partial charge is 0.356 e. The summed E-state index contributed by atoms with van der Waals surface area (Å²) in [6, 6.07) is 15.2. The van der Waals surface area contributed by atoms with Crippen LogP contribution in [0.25, 0.3) is 0 Å². The Bertz CT molecular complexity index is 814. The van der Waals surface area contributed by atoms with Crippen molar-refractivity contribution in [3.8, 4) is 0 Å². The number of anilines is 2. The van der Waals surface area contributed by atoms with Gasteiger partial charge in [-0.3, -0.25) is 9.59 Å². The number of para-hydroxylation sites is 2. The van der Waals surface area contributed by atoms with Gasteiger partial charge in [0.05, 0.1) is 0 Å². The third kappa shape index (κ3) is 1.37. The molecule has 0 aliphatic carbocycles. The van der Waals surface area contributed by atoms with E-state index in [0.29, 0.717) is 5.56 Å². The van der Waals surface area contributed by atoms with Gasteiger partial charge in [-0.05, 0) is 18.2 Å². The molecule has 22 heavy (non-hydrogen) atoms. The first-order valence-corrected chi connectivity index (χ1v) is 7.31. The maximum atomic E-state index is 13.0. The molecule has 4 nitrogen and oxygen atoms in total. The second kappa shape index (κ2) is 4.19. The van der Waals surface area contributed by atoms with Crippen molar-refractivity contribution in [3.05, 3.63) is 59.7 Å². The number of hydrogen-bond donors (Lipinski definition) is 0. The molecule has 1 amide bonds. The number of amides is 1. The first kappa shape index (κ1) is 13.1. The number of benzene rings is 2. The predicted octanol–water partition coefficient (Wildman–Crippen LogP) is 2.58. The molecule has 4 heteroatoms. The number of fused-ring (bicyclic) bond motifs is 3. The van der Waals surface area contributed by atoms with Gasteiger partial charge in [-0.25, -0.2) is 0 Å². The molecule has 2 aliphatic heterocycles. The molecule has 2 aliphatic rings. The zero-order chi connectivity index (χ0) is 15.5. The fraction of sp³-hybridized carbons (Fsp3) is 0.222. The Balaban J connectivity index is 2.00. The highest BCUT2D eigenvalue weighted by Crippen LogP contribution is 2.50. The summed E-state index contributed by atoms with van der Waals surface area (Å²) in [6.07, 6.45) is 0.181. The van der Waals surface area contributed by atoms with Crippen molar-refractivity contribution >= 4 is 23.1 Å². The van der Waals surface area contributed by atoms with Crippen molar-refractivity contribution in [1.29, 1.82) is 0 Å². The minimum absolute atomic E-state index is 0.0205. The molecule has 1 spiro atoms. The summed E-state index contributed by atoms with van der Waals surface area (Å²) in [5, 5.41) is 0. The highest BCUT2D eigenvalue weighted by atomic mass is 16.2. The van der Waals surface area contributed by atoms with Gasteiger partial charge in [0.15, 0.2) is 11.3 Å². The Morgan fingerprint density at radius 1 is 0.909 bits per heavy atom. The first-order valence-electron chi connectivity index (χ1n) is 7.31. The van der Waals surface area contributed by atoms with E-state index >= 15 is 0 Å². The minimum atomic E-state index is -0.920. The van der Waals surface area contributed by atoms with E-state index in [1.165, 1.54) is 0 Å². The molecule has 0 saturated heterocycles. The van der Waals surface area contributed by atoms with Crippen LogP contribution in [0.1, 0.15) is 22.3 Å². The fourth-order valence-electron chi connectivity index (χ4n) is 3.77. The van der Waals surface area contributed by atoms with Crippen molar-refractivity contribution in [2.75, 3.05) is 23.9 Å². The molecule has 0 saturated carbocycles. The summed E-state index contributed by atoms with van der Waals surface area (Å²) in [7, 11) is 3.67. The summed E-state index contributed by atoms with van der Waals surface area (Å²) in [5.74, 6) is -0.0220. The van der Waals surface area contributed by atoms with Crippen molar-refractivity contribution in [2.45, 2.75) is 12.0 Å². The molecule has 0 radical (unpaired) electrons. The number of carbonyl (C=O) groups is 2. The van der Waals surface area contributed by atoms with Gasteiger partial charge < -0.3 is 9.80 Å². The average molecular weight is 292 g/mol.